The number of carboxylic acid groups (broad SMARTS) is 1. The van der Waals surface area contributed by atoms with Gasteiger partial charge in [0, 0.05) is 18.5 Å². The molecule has 0 aliphatic carbocycles. The average molecular weight is 347 g/mol. The highest BCUT2D eigenvalue weighted by Gasteiger charge is 2.34. The fourth-order valence-corrected chi connectivity index (χ4v) is 5.13. The molecule has 1 aliphatic rings. The molecule has 0 amide bonds. The standard InChI is InChI=1S/C13H17NO6S2/c1-2-20-13(17)9-4-3-5-14(7-9)22(18,19)11-6-10(8-21-11)12(15)16/h6,8-9H,2-5,7H2,1H3,(H,15,16). The quantitative estimate of drug-likeness (QED) is 0.808. The molecule has 9 heteroatoms. The Bertz CT molecular complexity index is 666. The number of aromatic carboxylic acids is 1. The van der Waals surface area contributed by atoms with Crippen LogP contribution in [0.5, 0.6) is 0 Å². The molecule has 0 aromatic carbocycles. The molecule has 1 fully saturated rings. The zero-order chi connectivity index (χ0) is 16.3. The van der Waals surface area contributed by atoms with E-state index < -0.39 is 21.9 Å². The van der Waals surface area contributed by atoms with E-state index in [1.54, 1.807) is 6.92 Å². The molecule has 0 spiro atoms. The van der Waals surface area contributed by atoms with Crippen LogP contribution >= 0.6 is 11.3 Å². The number of esters is 1. The molecule has 1 saturated heterocycles. The third-order valence-electron chi connectivity index (χ3n) is 3.42. The Morgan fingerprint density at radius 3 is 2.82 bits per heavy atom. The maximum Gasteiger partial charge on any atom is 0.336 e. The molecule has 7 nitrogen and oxygen atoms in total. The first-order valence-corrected chi connectivity index (χ1v) is 9.16. The zero-order valence-electron chi connectivity index (χ0n) is 12.0. The number of nitrogens with zero attached hydrogens (tertiary/aromatic N) is 1. The second-order valence-electron chi connectivity index (χ2n) is 4.91. The smallest absolute Gasteiger partial charge is 0.336 e. The predicted octanol–water partition coefficient (Wildman–Crippen LogP) is 1.41. The molecule has 2 heterocycles. The van der Waals surface area contributed by atoms with Gasteiger partial charge in [-0.25, -0.2) is 13.2 Å². The molecule has 0 bridgehead atoms. The monoisotopic (exact) mass is 347 g/mol. The van der Waals surface area contributed by atoms with Gasteiger partial charge in [0.15, 0.2) is 0 Å². The van der Waals surface area contributed by atoms with Crippen LogP contribution in [0, 0.1) is 5.92 Å². The highest BCUT2D eigenvalue weighted by atomic mass is 32.2. The minimum atomic E-state index is -3.78. The highest BCUT2D eigenvalue weighted by Crippen LogP contribution is 2.28. The van der Waals surface area contributed by atoms with E-state index in [0.717, 1.165) is 17.4 Å². The van der Waals surface area contributed by atoms with E-state index in [2.05, 4.69) is 0 Å². The Hall–Kier alpha value is -1.45. The summed E-state index contributed by atoms with van der Waals surface area (Å²) in [5.74, 6) is -2.03. The normalized spacial score (nSPS) is 19.8. The molecular formula is C13H17NO6S2. The largest absolute Gasteiger partial charge is 0.478 e. The first-order chi connectivity index (χ1) is 10.4. The molecule has 1 unspecified atom stereocenters. The van der Waals surface area contributed by atoms with E-state index in [0.29, 0.717) is 19.4 Å². The van der Waals surface area contributed by atoms with Crippen molar-refractivity contribution in [2.24, 2.45) is 5.92 Å². The van der Waals surface area contributed by atoms with Gasteiger partial charge in [-0.15, -0.1) is 11.3 Å². The Labute approximate surface area is 132 Å². The van der Waals surface area contributed by atoms with Crippen molar-refractivity contribution in [1.82, 2.24) is 4.31 Å². The summed E-state index contributed by atoms with van der Waals surface area (Å²) in [4.78, 5) is 22.6. The number of thiophene rings is 1. The Kier molecular flexibility index (Phi) is 5.20. The van der Waals surface area contributed by atoms with Crippen LogP contribution < -0.4 is 0 Å². The van der Waals surface area contributed by atoms with Crippen molar-refractivity contribution in [3.8, 4) is 0 Å². The number of carboxylic acids is 1. The van der Waals surface area contributed by atoms with Crippen LogP contribution in [0.4, 0.5) is 0 Å². The van der Waals surface area contributed by atoms with E-state index in [1.165, 1.54) is 9.69 Å². The zero-order valence-corrected chi connectivity index (χ0v) is 13.7. The molecule has 1 aliphatic heterocycles. The van der Waals surface area contributed by atoms with Gasteiger partial charge in [0.1, 0.15) is 4.21 Å². The number of hydrogen-bond donors (Lipinski definition) is 1. The summed E-state index contributed by atoms with van der Waals surface area (Å²) < 4.78 is 31.2. The maximum atomic E-state index is 12.5. The van der Waals surface area contributed by atoms with Crippen molar-refractivity contribution in [3.05, 3.63) is 17.0 Å². The van der Waals surface area contributed by atoms with Gasteiger partial charge < -0.3 is 9.84 Å². The van der Waals surface area contributed by atoms with Crippen molar-refractivity contribution in [3.63, 3.8) is 0 Å². The summed E-state index contributed by atoms with van der Waals surface area (Å²) in [5, 5.41) is 10.2. The first kappa shape index (κ1) is 16.9. The van der Waals surface area contributed by atoms with Gasteiger partial charge in [-0.05, 0) is 25.8 Å². The number of piperidine rings is 1. The molecule has 0 saturated carbocycles. The van der Waals surface area contributed by atoms with E-state index >= 15 is 0 Å². The lowest BCUT2D eigenvalue weighted by Crippen LogP contribution is -2.42. The van der Waals surface area contributed by atoms with Crippen LogP contribution in [0.25, 0.3) is 0 Å². The van der Waals surface area contributed by atoms with Crippen LogP contribution in [-0.2, 0) is 19.6 Å². The third kappa shape index (κ3) is 3.47. The minimum absolute atomic E-state index is 0.0191. The molecule has 1 aromatic rings. The topological polar surface area (TPSA) is 101 Å². The molecule has 1 aromatic heterocycles. The lowest BCUT2D eigenvalue weighted by atomic mass is 10.0. The number of hydrogen-bond acceptors (Lipinski definition) is 6. The van der Waals surface area contributed by atoms with Gasteiger partial charge in [-0.1, -0.05) is 0 Å². The average Bonchev–Trinajstić information content (AvgIpc) is 2.98. The second-order valence-corrected chi connectivity index (χ2v) is 7.99. The van der Waals surface area contributed by atoms with E-state index in [-0.39, 0.29) is 28.9 Å². The molecule has 2 rings (SSSR count). The Balaban J connectivity index is 2.17. The first-order valence-electron chi connectivity index (χ1n) is 6.85. The lowest BCUT2D eigenvalue weighted by Gasteiger charge is -2.30. The van der Waals surface area contributed by atoms with Crippen LogP contribution in [0.2, 0.25) is 0 Å². The van der Waals surface area contributed by atoms with Crippen LogP contribution in [0.3, 0.4) is 0 Å². The fraction of sp³-hybridized carbons (Fsp3) is 0.538. The van der Waals surface area contributed by atoms with Gasteiger partial charge in [0.05, 0.1) is 18.1 Å². The predicted molar refractivity (Wildman–Crippen MR) is 79.4 cm³/mol. The van der Waals surface area contributed by atoms with Crippen LogP contribution in [0.1, 0.15) is 30.1 Å². The van der Waals surface area contributed by atoms with Crippen molar-refractivity contribution >= 4 is 33.3 Å². The summed E-state index contributed by atoms with van der Waals surface area (Å²) >= 11 is 0.872. The maximum absolute atomic E-state index is 12.5. The molecule has 1 atom stereocenters. The van der Waals surface area contributed by atoms with Crippen molar-refractivity contribution in [2.45, 2.75) is 24.0 Å². The van der Waals surface area contributed by atoms with E-state index in [1.807, 2.05) is 0 Å². The second kappa shape index (κ2) is 6.76. The van der Waals surface area contributed by atoms with Crippen molar-refractivity contribution in [1.29, 1.82) is 0 Å². The molecule has 22 heavy (non-hydrogen) atoms. The summed E-state index contributed by atoms with van der Waals surface area (Å²) in [7, 11) is -3.78. The lowest BCUT2D eigenvalue weighted by molar-refractivity contribution is -0.149. The number of carbonyl (C=O) groups is 2. The summed E-state index contributed by atoms with van der Waals surface area (Å²) in [5.41, 5.74) is -0.0532. The van der Waals surface area contributed by atoms with E-state index in [4.69, 9.17) is 9.84 Å². The molecular weight excluding hydrogens is 330 g/mol. The van der Waals surface area contributed by atoms with Crippen LogP contribution in [-0.4, -0.2) is 49.5 Å². The third-order valence-corrected chi connectivity index (χ3v) is 6.70. The van der Waals surface area contributed by atoms with Gasteiger partial charge >= 0.3 is 11.9 Å². The highest BCUT2D eigenvalue weighted by molar-refractivity contribution is 7.91. The number of carbonyl (C=O) groups excluding carboxylic acids is 1. The van der Waals surface area contributed by atoms with Crippen molar-refractivity contribution < 1.29 is 27.9 Å². The number of sulfonamides is 1. The van der Waals surface area contributed by atoms with Gasteiger partial charge in [-0.3, -0.25) is 4.79 Å². The van der Waals surface area contributed by atoms with Crippen molar-refractivity contribution in [2.75, 3.05) is 19.7 Å². The van der Waals surface area contributed by atoms with Gasteiger partial charge in [0.2, 0.25) is 0 Å². The van der Waals surface area contributed by atoms with Crippen LogP contribution in [0.15, 0.2) is 15.7 Å². The number of ether oxygens (including phenoxy) is 1. The fourth-order valence-electron chi connectivity index (χ4n) is 2.30. The molecule has 0 radical (unpaired) electrons. The summed E-state index contributed by atoms with van der Waals surface area (Å²) in [6, 6.07) is 1.15. The Morgan fingerprint density at radius 2 is 2.23 bits per heavy atom. The Morgan fingerprint density at radius 1 is 1.50 bits per heavy atom. The summed E-state index contributed by atoms with van der Waals surface area (Å²) in [6.45, 7) is 2.35. The molecule has 1 N–H and O–H groups in total. The van der Waals surface area contributed by atoms with Gasteiger partial charge in [0.25, 0.3) is 10.0 Å². The SMILES string of the molecule is CCOC(=O)C1CCCN(S(=O)(=O)c2cc(C(=O)O)cs2)C1. The van der Waals surface area contributed by atoms with Gasteiger partial charge in [-0.2, -0.15) is 4.31 Å². The molecule has 122 valence electrons. The summed E-state index contributed by atoms with van der Waals surface area (Å²) in [6.07, 6.45) is 1.16. The minimum Gasteiger partial charge on any atom is -0.478 e. The number of rotatable bonds is 5. The van der Waals surface area contributed by atoms with E-state index in [9.17, 15) is 18.0 Å².